The van der Waals surface area contributed by atoms with Crippen molar-refractivity contribution in [1.29, 1.82) is 0 Å². The van der Waals surface area contributed by atoms with Gasteiger partial charge in [0.2, 0.25) is 0 Å². The first-order chi connectivity index (χ1) is 9.16. The lowest BCUT2D eigenvalue weighted by molar-refractivity contribution is -0.137. The normalized spacial score (nSPS) is 12.1. The van der Waals surface area contributed by atoms with Gasteiger partial charge in [-0.15, -0.1) is 0 Å². The second-order valence-corrected chi connectivity index (χ2v) is 4.89. The molecule has 0 aliphatic heterocycles. The Hall–Kier alpha value is -1.80. The maximum Gasteiger partial charge on any atom is 0.303 e. The molecule has 0 saturated carbocycles. The third-order valence-corrected chi connectivity index (χ3v) is 3.33. The molecule has 0 radical (unpaired) electrons. The van der Waals surface area contributed by atoms with Crippen LogP contribution in [0.2, 0.25) is 5.02 Å². The summed E-state index contributed by atoms with van der Waals surface area (Å²) < 4.78 is 0. The van der Waals surface area contributed by atoms with E-state index in [1.165, 1.54) is 0 Å². The van der Waals surface area contributed by atoms with Crippen molar-refractivity contribution in [3.63, 3.8) is 0 Å². The summed E-state index contributed by atoms with van der Waals surface area (Å²) >= 11 is 6.02. The van der Waals surface area contributed by atoms with Crippen molar-refractivity contribution in [1.82, 2.24) is 0 Å². The maximum absolute atomic E-state index is 10.8. The molecule has 0 heterocycles. The summed E-state index contributed by atoms with van der Waals surface area (Å²) in [6.07, 6.45) is 0.714. The van der Waals surface area contributed by atoms with E-state index in [0.29, 0.717) is 11.4 Å². The molecule has 3 heteroatoms. The van der Waals surface area contributed by atoms with Crippen LogP contribution in [0.15, 0.2) is 54.6 Å². The van der Waals surface area contributed by atoms with Crippen LogP contribution in [0.25, 0.3) is 0 Å². The molecular formula is C16H15ClO2. The van der Waals surface area contributed by atoms with Crippen LogP contribution in [-0.2, 0) is 4.79 Å². The first-order valence-corrected chi connectivity index (χ1v) is 6.57. The Bertz CT molecular complexity index is 552. The highest BCUT2D eigenvalue weighted by atomic mass is 35.5. The lowest BCUT2D eigenvalue weighted by Gasteiger charge is -2.17. The molecule has 2 nitrogen and oxygen atoms in total. The molecule has 0 aliphatic carbocycles. The zero-order valence-corrected chi connectivity index (χ0v) is 11.2. The van der Waals surface area contributed by atoms with E-state index in [-0.39, 0.29) is 12.3 Å². The quantitative estimate of drug-likeness (QED) is 0.881. The lowest BCUT2D eigenvalue weighted by Crippen LogP contribution is -2.05. The summed E-state index contributed by atoms with van der Waals surface area (Å²) in [5.74, 6) is -0.709. The Morgan fingerprint density at radius 1 is 1.05 bits per heavy atom. The van der Waals surface area contributed by atoms with Crippen LogP contribution >= 0.6 is 11.6 Å². The number of halogens is 1. The zero-order valence-electron chi connectivity index (χ0n) is 10.4. The van der Waals surface area contributed by atoms with Gasteiger partial charge in [0.25, 0.3) is 0 Å². The maximum atomic E-state index is 10.8. The van der Waals surface area contributed by atoms with Gasteiger partial charge in [-0.3, -0.25) is 4.79 Å². The average Bonchev–Trinajstić information content (AvgIpc) is 2.40. The predicted molar refractivity (Wildman–Crippen MR) is 76.6 cm³/mol. The summed E-state index contributed by atoms with van der Waals surface area (Å²) in [5.41, 5.74) is 2.17. The van der Waals surface area contributed by atoms with Gasteiger partial charge in [0, 0.05) is 17.4 Å². The van der Waals surface area contributed by atoms with Gasteiger partial charge in [-0.25, -0.2) is 0 Å². The number of benzene rings is 2. The molecule has 2 aromatic carbocycles. The van der Waals surface area contributed by atoms with Gasteiger partial charge in [0.1, 0.15) is 0 Å². The zero-order chi connectivity index (χ0) is 13.7. The number of aliphatic carboxylic acids is 1. The van der Waals surface area contributed by atoms with Gasteiger partial charge in [-0.1, -0.05) is 54.1 Å². The Morgan fingerprint density at radius 3 is 2.37 bits per heavy atom. The van der Waals surface area contributed by atoms with Crippen LogP contribution in [0, 0.1) is 0 Å². The van der Waals surface area contributed by atoms with Gasteiger partial charge in [-0.2, -0.15) is 0 Å². The highest BCUT2D eigenvalue weighted by molar-refractivity contribution is 6.30. The van der Waals surface area contributed by atoms with E-state index in [1.54, 1.807) is 0 Å². The van der Waals surface area contributed by atoms with E-state index in [4.69, 9.17) is 16.7 Å². The molecule has 19 heavy (non-hydrogen) atoms. The molecular weight excluding hydrogens is 260 g/mol. The first-order valence-electron chi connectivity index (χ1n) is 6.19. The molecule has 2 aromatic rings. The predicted octanol–water partition coefficient (Wildman–Crippen LogP) is 4.34. The van der Waals surface area contributed by atoms with E-state index >= 15 is 0 Å². The molecule has 0 fully saturated rings. The number of carboxylic acid groups (broad SMARTS) is 1. The molecule has 1 N–H and O–H groups in total. The largest absolute Gasteiger partial charge is 0.481 e. The molecule has 1 unspecified atom stereocenters. The topological polar surface area (TPSA) is 37.3 Å². The van der Waals surface area contributed by atoms with Crippen molar-refractivity contribution < 1.29 is 9.90 Å². The lowest BCUT2D eigenvalue weighted by atomic mass is 9.87. The van der Waals surface area contributed by atoms with Crippen LogP contribution in [0.3, 0.4) is 0 Å². The van der Waals surface area contributed by atoms with Crippen molar-refractivity contribution in [2.75, 3.05) is 0 Å². The summed E-state index contributed by atoms with van der Waals surface area (Å²) in [6, 6.07) is 17.5. The third-order valence-electron chi connectivity index (χ3n) is 3.10. The summed E-state index contributed by atoms with van der Waals surface area (Å²) in [4.78, 5) is 10.8. The smallest absolute Gasteiger partial charge is 0.303 e. The average molecular weight is 275 g/mol. The van der Waals surface area contributed by atoms with E-state index in [2.05, 4.69) is 0 Å². The van der Waals surface area contributed by atoms with E-state index in [1.807, 2.05) is 54.6 Å². The van der Waals surface area contributed by atoms with Gasteiger partial charge >= 0.3 is 5.97 Å². The highest BCUT2D eigenvalue weighted by Crippen LogP contribution is 2.30. The minimum absolute atomic E-state index is 0.0657. The van der Waals surface area contributed by atoms with Crippen LogP contribution in [0.4, 0.5) is 0 Å². The minimum atomic E-state index is -0.775. The molecule has 0 saturated heterocycles. The van der Waals surface area contributed by atoms with Crippen molar-refractivity contribution in [3.05, 3.63) is 70.7 Å². The second-order valence-electron chi connectivity index (χ2n) is 4.45. The number of carboxylic acids is 1. The molecule has 0 bridgehead atoms. The Labute approximate surface area is 117 Å². The second kappa shape index (κ2) is 6.39. The van der Waals surface area contributed by atoms with Crippen molar-refractivity contribution >= 4 is 17.6 Å². The minimum Gasteiger partial charge on any atom is -0.481 e. The van der Waals surface area contributed by atoms with Gasteiger partial charge in [0.05, 0.1) is 0 Å². The van der Waals surface area contributed by atoms with Crippen LogP contribution in [-0.4, -0.2) is 11.1 Å². The van der Waals surface area contributed by atoms with E-state index in [9.17, 15) is 4.79 Å². The number of carbonyl (C=O) groups is 1. The highest BCUT2D eigenvalue weighted by Gasteiger charge is 2.15. The monoisotopic (exact) mass is 274 g/mol. The molecule has 0 aliphatic rings. The number of hydrogen-bond donors (Lipinski definition) is 1. The standard InChI is InChI=1S/C16H15ClO2/c17-14-8-4-7-13(11-14)15(9-10-16(18)19)12-5-2-1-3-6-12/h1-8,11,15H,9-10H2,(H,18,19). The molecule has 0 aromatic heterocycles. The van der Waals surface area contributed by atoms with Crippen LogP contribution in [0.5, 0.6) is 0 Å². The van der Waals surface area contributed by atoms with Gasteiger partial charge in [-0.05, 0) is 29.7 Å². The number of hydrogen-bond acceptors (Lipinski definition) is 1. The van der Waals surface area contributed by atoms with Crippen LogP contribution < -0.4 is 0 Å². The fourth-order valence-electron chi connectivity index (χ4n) is 2.20. The SMILES string of the molecule is O=C(O)CCC(c1ccccc1)c1cccc(Cl)c1. The summed E-state index contributed by atoms with van der Waals surface area (Å²) in [7, 11) is 0. The fraction of sp³-hybridized carbons (Fsp3) is 0.188. The molecule has 0 spiro atoms. The fourth-order valence-corrected chi connectivity index (χ4v) is 2.40. The molecule has 2 rings (SSSR count). The van der Waals surface area contributed by atoms with E-state index < -0.39 is 5.97 Å². The molecule has 1 atom stereocenters. The molecule has 0 amide bonds. The Balaban J connectivity index is 2.31. The summed E-state index contributed by atoms with van der Waals surface area (Å²) in [5, 5.41) is 9.56. The first kappa shape index (κ1) is 13.6. The van der Waals surface area contributed by atoms with Gasteiger partial charge < -0.3 is 5.11 Å². The van der Waals surface area contributed by atoms with Crippen molar-refractivity contribution in [3.8, 4) is 0 Å². The summed E-state index contributed by atoms with van der Waals surface area (Å²) in [6.45, 7) is 0. The van der Waals surface area contributed by atoms with Crippen molar-refractivity contribution in [2.45, 2.75) is 18.8 Å². The van der Waals surface area contributed by atoms with Gasteiger partial charge in [0.15, 0.2) is 0 Å². The van der Waals surface area contributed by atoms with Crippen molar-refractivity contribution in [2.24, 2.45) is 0 Å². The Kier molecular flexibility index (Phi) is 4.58. The third kappa shape index (κ3) is 3.83. The number of rotatable bonds is 5. The van der Waals surface area contributed by atoms with Crippen LogP contribution in [0.1, 0.15) is 29.9 Å². The Morgan fingerprint density at radius 2 is 1.74 bits per heavy atom. The molecule has 98 valence electrons. The van der Waals surface area contributed by atoms with E-state index in [0.717, 1.165) is 11.1 Å².